The first-order valence-corrected chi connectivity index (χ1v) is 16.6. The van der Waals surface area contributed by atoms with E-state index in [9.17, 15) is 0 Å². The number of aromatic nitrogens is 4. The van der Waals surface area contributed by atoms with E-state index in [4.69, 9.17) is 0 Å². The van der Waals surface area contributed by atoms with Gasteiger partial charge < -0.3 is 0 Å². The van der Waals surface area contributed by atoms with Crippen molar-refractivity contribution in [1.82, 2.24) is 19.9 Å². The minimum atomic E-state index is 0. The standard InChI is InChI=1S/2C16H11N2.C12H6S.2Pt/c2*1-2-7-13(8-3-1)14-10-6-11-16(18-14)15-9-4-5-12-17-15;1-2-4-10-8-12-11(5-6-13-12)7-9(10)3-1;;/h2*1-7,9-12H;1-2,4,6-8H;;/q2*-1;-2;2*+2. The first kappa shape index (κ1) is 37.3. The number of hydrogen-bond donors (Lipinski definition) is 0. The largest absolute Gasteiger partial charge is 2.00 e. The Hall–Kier alpha value is -4.92. The minimum Gasteiger partial charge on any atom is -0.295 e. The molecule has 0 radical (unpaired) electrons. The van der Waals surface area contributed by atoms with Crippen LogP contribution in [0.3, 0.4) is 0 Å². The van der Waals surface area contributed by atoms with Crippen molar-refractivity contribution in [3.8, 4) is 45.3 Å². The maximum absolute atomic E-state index is 4.62. The molecular formula is C44H28N4Pt2S. The molecule has 0 saturated carbocycles. The molecule has 4 aromatic carbocycles. The summed E-state index contributed by atoms with van der Waals surface area (Å²) in [6.45, 7) is 0. The Kier molecular flexibility index (Phi) is 13.8. The van der Waals surface area contributed by atoms with Gasteiger partial charge in [0.1, 0.15) is 0 Å². The third-order valence-corrected chi connectivity index (χ3v) is 8.31. The number of benzene rings is 4. The Bertz CT molecular complexity index is 2110. The number of rotatable bonds is 4. The smallest absolute Gasteiger partial charge is 0.295 e. The van der Waals surface area contributed by atoms with E-state index in [1.54, 1.807) is 23.7 Å². The van der Waals surface area contributed by atoms with Crippen molar-refractivity contribution in [3.05, 3.63) is 194 Å². The average molecular weight is 1030 g/mol. The van der Waals surface area contributed by atoms with E-state index in [1.807, 2.05) is 139 Å². The van der Waals surface area contributed by atoms with Crippen LogP contribution in [0.1, 0.15) is 0 Å². The van der Waals surface area contributed by atoms with E-state index in [1.165, 1.54) is 20.9 Å². The van der Waals surface area contributed by atoms with Gasteiger partial charge in [0, 0.05) is 12.4 Å². The molecule has 0 aliphatic heterocycles. The topological polar surface area (TPSA) is 51.6 Å². The van der Waals surface area contributed by atoms with Crippen LogP contribution in [0.15, 0.2) is 169 Å². The van der Waals surface area contributed by atoms with E-state index in [0.29, 0.717) is 0 Å². The second-order valence-corrected chi connectivity index (χ2v) is 11.7. The van der Waals surface area contributed by atoms with Crippen molar-refractivity contribution in [2.24, 2.45) is 0 Å². The Labute approximate surface area is 330 Å². The second kappa shape index (κ2) is 18.9. The fourth-order valence-electron chi connectivity index (χ4n) is 5.10. The number of fused-ring (bicyclic) bond motifs is 2. The molecule has 0 aliphatic carbocycles. The zero-order valence-electron chi connectivity index (χ0n) is 27.0. The van der Waals surface area contributed by atoms with Crippen LogP contribution in [-0.2, 0) is 42.1 Å². The van der Waals surface area contributed by atoms with Crippen LogP contribution in [-0.4, -0.2) is 19.9 Å². The molecule has 0 spiro atoms. The second-order valence-electron chi connectivity index (χ2n) is 10.8. The molecule has 0 amide bonds. The Morgan fingerprint density at radius 1 is 0.412 bits per heavy atom. The van der Waals surface area contributed by atoms with E-state index in [2.05, 4.69) is 62.4 Å². The molecule has 0 fully saturated rings. The molecule has 9 rings (SSSR count). The van der Waals surface area contributed by atoms with Gasteiger partial charge in [0.2, 0.25) is 0 Å². The molecule has 51 heavy (non-hydrogen) atoms. The summed E-state index contributed by atoms with van der Waals surface area (Å²) in [6, 6.07) is 62.4. The zero-order chi connectivity index (χ0) is 33.1. The summed E-state index contributed by atoms with van der Waals surface area (Å²) in [7, 11) is 0. The fraction of sp³-hybridized carbons (Fsp3) is 0. The predicted octanol–water partition coefficient (Wildman–Crippen LogP) is 10.9. The van der Waals surface area contributed by atoms with Gasteiger partial charge in [-0.3, -0.25) is 19.9 Å². The summed E-state index contributed by atoms with van der Waals surface area (Å²) in [6.07, 6.45) is 3.55. The van der Waals surface area contributed by atoms with Gasteiger partial charge in [0.05, 0.1) is 22.8 Å². The molecule has 5 heterocycles. The Balaban J connectivity index is 0.000000147. The van der Waals surface area contributed by atoms with E-state index in [0.717, 1.165) is 45.3 Å². The molecule has 0 aliphatic rings. The number of nitrogens with zero attached hydrogens (tertiary/aromatic N) is 4. The number of thiophene rings is 1. The van der Waals surface area contributed by atoms with Crippen LogP contribution in [0.2, 0.25) is 0 Å². The van der Waals surface area contributed by atoms with Crippen molar-refractivity contribution in [1.29, 1.82) is 0 Å². The van der Waals surface area contributed by atoms with Gasteiger partial charge in [-0.1, -0.05) is 46.5 Å². The maximum Gasteiger partial charge on any atom is 2.00 e. The molecule has 9 aromatic rings. The monoisotopic (exact) mass is 1030 g/mol. The van der Waals surface area contributed by atoms with Crippen LogP contribution < -0.4 is 0 Å². The van der Waals surface area contributed by atoms with Crippen molar-refractivity contribution < 1.29 is 42.1 Å². The van der Waals surface area contributed by atoms with Crippen LogP contribution in [0.25, 0.3) is 66.1 Å². The zero-order valence-corrected chi connectivity index (χ0v) is 32.4. The van der Waals surface area contributed by atoms with Crippen LogP contribution >= 0.6 is 11.3 Å². The van der Waals surface area contributed by atoms with Gasteiger partial charge >= 0.3 is 42.1 Å². The maximum atomic E-state index is 4.62. The third kappa shape index (κ3) is 9.87. The molecular weight excluding hydrogens is 1010 g/mol. The van der Waals surface area contributed by atoms with Crippen molar-refractivity contribution >= 4 is 32.2 Å². The van der Waals surface area contributed by atoms with Crippen LogP contribution in [0.5, 0.6) is 0 Å². The first-order chi connectivity index (χ1) is 24.3. The summed E-state index contributed by atoms with van der Waals surface area (Å²) < 4.78 is 1.30. The summed E-state index contributed by atoms with van der Waals surface area (Å²) in [5.74, 6) is 0. The number of pyridine rings is 4. The third-order valence-electron chi connectivity index (χ3n) is 7.49. The van der Waals surface area contributed by atoms with Gasteiger partial charge in [-0.15, -0.1) is 108 Å². The van der Waals surface area contributed by atoms with Crippen molar-refractivity contribution in [2.45, 2.75) is 0 Å². The van der Waals surface area contributed by atoms with E-state index >= 15 is 0 Å². The summed E-state index contributed by atoms with van der Waals surface area (Å²) in [5, 5.41) is 5.62. The molecule has 0 unspecified atom stereocenters. The quantitative estimate of drug-likeness (QED) is 0.165. The van der Waals surface area contributed by atoms with Gasteiger partial charge in [-0.2, -0.15) is 22.9 Å². The molecule has 0 saturated heterocycles. The molecule has 250 valence electrons. The van der Waals surface area contributed by atoms with Crippen LogP contribution in [0.4, 0.5) is 0 Å². The van der Waals surface area contributed by atoms with E-state index < -0.39 is 0 Å². The SMILES string of the molecule is [Pt+2].[Pt+2].[c-]1cccc2cc3sc[c-]c3cc12.[c-]1ccccc1-c1cccc(-c2ccccn2)n1.[c-]1ccccc1-c1cccc(-c2ccccn2)n1. The van der Waals surface area contributed by atoms with Gasteiger partial charge in [0.25, 0.3) is 0 Å². The summed E-state index contributed by atoms with van der Waals surface area (Å²) >= 11 is 1.73. The van der Waals surface area contributed by atoms with Crippen LogP contribution in [0, 0.1) is 24.3 Å². The molecule has 4 nitrogen and oxygen atoms in total. The molecule has 0 N–H and O–H groups in total. The van der Waals surface area contributed by atoms with Gasteiger partial charge in [-0.05, 0) is 47.8 Å². The van der Waals surface area contributed by atoms with Gasteiger partial charge in [0.15, 0.2) is 0 Å². The fourth-order valence-corrected chi connectivity index (χ4v) is 5.86. The van der Waals surface area contributed by atoms with Crippen molar-refractivity contribution in [2.75, 3.05) is 0 Å². The Morgan fingerprint density at radius 2 is 0.941 bits per heavy atom. The molecule has 5 aromatic heterocycles. The molecule has 0 bridgehead atoms. The predicted molar refractivity (Wildman–Crippen MR) is 200 cm³/mol. The normalized spacial score (nSPS) is 10.0. The minimum absolute atomic E-state index is 0. The number of hydrogen-bond acceptors (Lipinski definition) is 5. The van der Waals surface area contributed by atoms with Gasteiger partial charge in [-0.25, -0.2) is 11.3 Å². The molecule has 7 heteroatoms. The summed E-state index contributed by atoms with van der Waals surface area (Å²) in [4.78, 5) is 17.9. The summed E-state index contributed by atoms with van der Waals surface area (Å²) in [5.41, 5.74) is 7.35. The average Bonchev–Trinajstić information content (AvgIpc) is 3.66. The molecule has 0 atom stereocenters. The van der Waals surface area contributed by atoms with E-state index in [-0.39, 0.29) is 42.1 Å². The van der Waals surface area contributed by atoms with Crippen molar-refractivity contribution in [3.63, 3.8) is 0 Å². The Morgan fingerprint density at radius 3 is 1.47 bits per heavy atom. The first-order valence-electron chi connectivity index (χ1n) is 15.7.